The molecule has 2 aromatic carbocycles. The normalized spacial score (nSPS) is 10.4. The molecule has 0 saturated carbocycles. The Labute approximate surface area is 136 Å². The van der Waals surface area contributed by atoms with Crippen molar-refractivity contribution in [3.63, 3.8) is 0 Å². The molecule has 0 aliphatic carbocycles. The minimum Gasteiger partial charge on any atom is -0.397 e. The Kier molecular flexibility index (Phi) is 4.54. The van der Waals surface area contributed by atoms with E-state index in [4.69, 9.17) is 17.3 Å². The van der Waals surface area contributed by atoms with Crippen LogP contribution in [0.5, 0.6) is 0 Å². The van der Waals surface area contributed by atoms with Crippen LogP contribution in [0.15, 0.2) is 30.3 Å². The Bertz CT molecular complexity index is 605. The molecule has 6 heteroatoms. The summed E-state index contributed by atoms with van der Waals surface area (Å²) in [6.45, 7) is 0. The van der Waals surface area contributed by atoms with Crippen LogP contribution in [0, 0.1) is 13.0 Å². The minimum absolute atomic E-state index is 0.295. The van der Waals surface area contributed by atoms with Crippen molar-refractivity contribution in [1.82, 2.24) is 0 Å². The van der Waals surface area contributed by atoms with Crippen molar-refractivity contribution in [1.29, 1.82) is 0 Å². The summed E-state index contributed by atoms with van der Waals surface area (Å²) in [6.07, 6.45) is 0. The van der Waals surface area contributed by atoms with Crippen LogP contribution in [-0.2, 0) is 0 Å². The first kappa shape index (κ1) is 14.1. The number of nitrogen functional groups attached to an aromatic ring is 1. The van der Waals surface area contributed by atoms with E-state index in [0.29, 0.717) is 20.0 Å². The van der Waals surface area contributed by atoms with Crippen LogP contribution < -0.4 is 11.1 Å². The fraction of sp³-hybridized carbons (Fsp3) is 0. The highest BCUT2D eigenvalue weighted by Gasteiger charge is 2.08. The van der Waals surface area contributed by atoms with Crippen LogP contribution >= 0.6 is 56.8 Å². The second kappa shape index (κ2) is 5.79. The van der Waals surface area contributed by atoms with E-state index in [0.717, 1.165) is 9.26 Å². The van der Waals surface area contributed by atoms with Crippen LogP contribution in [0.4, 0.5) is 21.5 Å². The first-order valence-electron chi connectivity index (χ1n) is 4.94. The van der Waals surface area contributed by atoms with Gasteiger partial charge < -0.3 is 11.1 Å². The summed E-state index contributed by atoms with van der Waals surface area (Å²) >= 11 is 9.94. The van der Waals surface area contributed by atoms with Crippen LogP contribution in [0.25, 0.3) is 0 Å². The standard InChI is InChI=1S/C12H8ClFI2N2/c13-6-1-2-11(9(16)3-6)18-12-4-7(14)8(15)5-10(12)17/h1-5,18H,17H2. The molecule has 0 aliphatic rings. The topological polar surface area (TPSA) is 38.0 Å². The van der Waals surface area contributed by atoms with E-state index in [1.165, 1.54) is 6.07 Å². The molecule has 0 atom stereocenters. The first-order chi connectivity index (χ1) is 8.47. The zero-order valence-electron chi connectivity index (χ0n) is 8.98. The Hall–Kier alpha value is -0.280. The maximum atomic E-state index is 13.5. The maximum Gasteiger partial charge on any atom is 0.138 e. The number of rotatable bonds is 2. The first-order valence-corrected chi connectivity index (χ1v) is 7.47. The van der Waals surface area contributed by atoms with E-state index in [2.05, 4.69) is 27.9 Å². The molecule has 0 heterocycles. The van der Waals surface area contributed by atoms with Gasteiger partial charge in [-0.15, -0.1) is 0 Å². The van der Waals surface area contributed by atoms with E-state index in [1.54, 1.807) is 12.1 Å². The SMILES string of the molecule is Nc1cc(I)c(F)cc1Nc1ccc(Cl)cc1I. The average molecular weight is 488 g/mol. The third-order valence-electron chi connectivity index (χ3n) is 2.29. The van der Waals surface area contributed by atoms with Crippen molar-refractivity contribution in [2.24, 2.45) is 0 Å². The van der Waals surface area contributed by atoms with Gasteiger partial charge in [-0.1, -0.05) is 11.6 Å². The van der Waals surface area contributed by atoms with Gasteiger partial charge in [0, 0.05) is 14.7 Å². The Morgan fingerprint density at radius 1 is 1.06 bits per heavy atom. The van der Waals surface area contributed by atoms with Crippen molar-refractivity contribution in [3.05, 3.63) is 48.3 Å². The fourth-order valence-electron chi connectivity index (χ4n) is 1.41. The van der Waals surface area contributed by atoms with Crippen molar-refractivity contribution in [2.75, 3.05) is 11.1 Å². The third-order valence-corrected chi connectivity index (χ3v) is 4.25. The molecule has 2 rings (SSSR count). The molecule has 0 bridgehead atoms. The molecule has 18 heavy (non-hydrogen) atoms. The zero-order chi connectivity index (χ0) is 13.3. The molecule has 0 aliphatic heterocycles. The summed E-state index contributed by atoms with van der Waals surface area (Å²) in [4.78, 5) is 0. The summed E-state index contributed by atoms with van der Waals surface area (Å²) in [6, 6.07) is 8.41. The number of benzene rings is 2. The number of hydrogen-bond donors (Lipinski definition) is 2. The number of halogens is 4. The minimum atomic E-state index is -0.295. The highest BCUT2D eigenvalue weighted by Crippen LogP contribution is 2.30. The lowest BCUT2D eigenvalue weighted by Crippen LogP contribution is -2.00. The Morgan fingerprint density at radius 2 is 1.78 bits per heavy atom. The molecular formula is C12H8ClFI2N2. The van der Waals surface area contributed by atoms with E-state index in [1.807, 2.05) is 34.7 Å². The number of hydrogen-bond acceptors (Lipinski definition) is 2. The molecule has 0 saturated heterocycles. The molecule has 2 aromatic rings. The smallest absolute Gasteiger partial charge is 0.138 e. The highest BCUT2D eigenvalue weighted by atomic mass is 127. The van der Waals surface area contributed by atoms with E-state index < -0.39 is 0 Å². The van der Waals surface area contributed by atoms with Crippen LogP contribution in [-0.4, -0.2) is 0 Å². The fourth-order valence-corrected chi connectivity index (χ4v) is 2.90. The van der Waals surface area contributed by atoms with Crippen LogP contribution in [0.3, 0.4) is 0 Å². The molecule has 0 aromatic heterocycles. The van der Waals surface area contributed by atoms with Gasteiger partial charge >= 0.3 is 0 Å². The Morgan fingerprint density at radius 3 is 2.44 bits per heavy atom. The summed E-state index contributed by atoms with van der Waals surface area (Å²) in [5.41, 5.74) is 7.75. The lowest BCUT2D eigenvalue weighted by Gasteiger charge is -2.12. The molecule has 0 spiro atoms. The van der Waals surface area contributed by atoms with Gasteiger partial charge in [0.25, 0.3) is 0 Å². The molecular weight excluding hydrogens is 480 g/mol. The summed E-state index contributed by atoms with van der Waals surface area (Å²) in [7, 11) is 0. The number of anilines is 3. The highest BCUT2D eigenvalue weighted by molar-refractivity contribution is 14.1. The average Bonchev–Trinajstić information content (AvgIpc) is 2.29. The third kappa shape index (κ3) is 3.18. The monoisotopic (exact) mass is 488 g/mol. The number of nitrogens with one attached hydrogen (secondary N) is 1. The van der Waals surface area contributed by atoms with E-state index >= 15 is 0 Å². The van der Waals surface area contributed by atoms with Gasteiger partial charge in [-0.3, -0.25) is 0 Å². The van der Waals surface area contributed by atoms with Crippen LogP contribution in [0.1, 0.15) is 0 Å². The van der Waals surface area contributed by atoms with Crippen molar-refractivity contribution in [2.45, 2.75) is 0 Å². The predicted octanol–water partition coefficient (Wildman–Crippen LogP) is 5.01. The maximum absolute atomic E-state index is 13.5. The summed E-state index contributed by atoms with van der Waals surface area (Å²) < 4.78 is 14.9. The largest absolute Gasteiger partial charge is 0.397 e. The van der Waals surface area contributed by atoms with Gasteiger partial charge in [0.1, 0.15) is 5.82 Å². The predicted molar refractivity (Wildman–Crippen MR) is 91.0 cm³/mol. The molecule has 0 radical (unpaired) electrons. The summed E-state index contributed by atoms with van der Waals surface area (Å²) in [5.74, 6) is -0.295. The van der Waals surface area contributed by atoms with E-state index in [9.17, 15) is 4.39 Å². The summed E-state index contributed by atoms with van der Waals surface area (Å²) in [5, 5.41) is 3.76. The molecule has 2 nitrogen and oxygen atoms in total. The Balaban J connectivity index is 2.37. The second-order valence-corrected chi connectivity index (χ2v) is 6.36. The van der Waals surface area contributed by atoms with Crippen molar-refractivity contribution < 1.29 is 4.39 Å². The molecule has 94 valence electrons. The zero-order valence-corrected chi connectivity index (χ0v) is 14.0. The second-order valence-electron chi connectivity index (χ2n) is 3.60. The van der Waals surface area contributed by atoms with Crippen molar-refractivity contribution in [3.8, 4) is 0 Å². The number of nitrogens with two attached hydrogens (primary N) is 1. The van der Waals surface area contributed by atoms with Crippen LogP contribution in [0.2, 0.25) is 5.02 Å². The molecule has 3 N–H and O–H groups in total. The van der Waals surface area contributed by atoms with Gasteiger partial charge in [0.05, 0.1) is 20.6 Å². The quantitative estimate of drug-likeness (QED) is 0.461. The van der Waals surface area contributed by atoms with E-state index in [-0.39, 0.29) is 5.82 Å². The lowest BCUT2D eigenvalue weighted by atomic mass is 10.2. The van der Waals surface area contributed by atoms with Gasteiger partial charge in [0.2, 0.25) is 0 Å². The van der Waals surface area contributed by atoms with Gasteiger partial charge in [-0.2, -0.15) is 0 Å². The van der Waals surface area contributed by atoms with Gasteiger partial charge in [0.15, 0.2) is 0 Å². The lowest BCUT2D eigenvalue weighted by molar-refractivity contribution is 0.621. The molecule has 0 fully saturated rings. The van der Waals surface area contributed by atoms with Gasteiger partial charge in [-0.25, -0.2) is 4.39 Å². The molecule has 0 unspecified atom stereocenters. The van der Waals surface area contributed by atoms with Crippen molar-refractivity contribution >= 4 is 73.8 Å². The van der Waals surface area contributed by atoms with Gasteiger partial charge in [-0.05, 0) is 69.4 Å². The molecule has 0 amide bonds.